The zero-order chi connectivity index (χ0) is 44.7. The predicted octanol–water partition coefficient (Wildman–Crippen LogP) is 16.4. The molecule has 1 unspecified atom stereocenters. The minimum atomic E-state index is -0.437. The summed E-state index contributed by atoms with van der Waals surface area (Å²) in [5.74, 6) is 1.49. The Kier molecular flexibility index (Phi) is 8.79. The van der Waals surface area contributed by atoms with Gasteiger partial charge >= 0.3 is 0 Å². The number of aromatic nitrogens is 1. The molecule has 1 aliphatic rings. The molecule has 0 aliphatic carbocycles. The van der Waals surface area contributed by atoms with Crippen LogP contribution >= 0.6 is 11.3 Å². The van der Waals surface area contributed by atoms with Crippen molar-refractivity contribution in [1.82, 2.24) is 9.88 Å². The summed E-state index contributed by atoms with van der Waals surface area (Å²) in [6, 6.07) is 83.8. The minimum absolute atomic E-state index is 0.437. The summed E-state index contributed by atoms with van der Waals surface area (Å²) in [6.07, 6.45) is -0.437. The van der Waals surface area contributed by atoms with E-state index in [-0.39, 0.29) is 0 Å². The maximum absolute atomic E-state index is 5.49. The summed E-state index contributed by atoms with van der Waals surface area (Å²) in [7, 11) is 0. The van der Waals surface area contributed by atoms with Crippen LogP contribution in [0.4, 0.5) is 0 Å². The standard InChI is InChI=1S/C63H40N4S/c1-2-16-41(17-3-1)49-23-12-25-55-59(49)53-36-44-20-8-9-21-45(44)38-56(53)67(55)54-33-32-48(37-52(54)50-24-13-27-58-60(50)51-22-10-11-26-57(51)68-58)63-65-61(46-30-28-39-14-4-6-18-42(39)34-46)64-62(66-63)47-31-29-40-15-5-7-19-43(40)35-47/h1-38,63H,(H,64,65,66). The molecule has 68 heavy (non-hydrogen) atoms. The van der Waals surface area contributed by atoms with Gasteiger partial charge in [-0.05, 0) is 109 Å². The maximum Gasteiger partial charge on any atom is 0.159 e. The fourth-order valence-corrected chi connectivity index (χ4v) is 11.7. The fraction of sp³-hybridized carbons (Fsp3) is 0.0159. The molecule has 3 heterocycles. The molecule has 0 spiro atoms. The molecule has 11 aromatic carbocycles. The van der Waals surface area contributed by atoms with Gasteiger partial charge < -0.3 is 9.88 Å². The molecular formula is C63H40N4S. The molecule has 1 N–H and O–H groups in total. The van der Waals surface area contributed by atoms with Crippen molar-refractivity contribution in [1.29, 1.82) is 0 Å². The van der Waals surface area contributed by atoms with E-state index in [0.29, 0.717) is 5.84 Å². The molecule has 318 valence electrons. The molecule has 0 bridgehead atoms. The molecular weight excluding hydrogens is 845 g/mol. The predicted molar refractivity (Wildman–Crippen MR) is 289 cm³/mol. The number of rotatable bonds is 6. The minimum Gasteiger partial charge on any atom is -0.344 e. The van der Waals surface area contributed by atoms with Crippen LogP contribution in [-0.4, -0.2) is 16.2 Å². The summed E-state index contributed by atoms with van der Waals surface area (Å²) >= 11 is 1.85. The molecule has 1 atom stereocenters. The highest BCUT2D eigenvalue weighted by atomic mass is 32.1. The van der Waals surface area contributed by atoms with E-state index in [0.717, 1.165) is 55.6 Å². The third-order valence-corrected chi connectivity index (χ3v) is 14.9. The Labute approximate surface area is 396 Å². The highest BCUT2D eigenvalue weighted by Crippen LogP contribution is 2.46. The van der Waals surface area contributed by atoms with Crippen LogP contribution in [0.15, 0.2) is 241 Å². The molecule has 13 aromatic rings. The second kappa shape index (κ2) is 15.5. The lowest BCUT2D eigenvalue weighted by Crippen LogP contribution is -2.33. The van der Waals surface area contributed by atoms with Crippen molar-refractivity contribution in [2.45, 2.75) is 6.17 Å². The largest absolute Gasteiger partial charge is 0.344 e. The van der Waals surface area contributed by atoms with Crippen LogP contribution in [0.1, 0.15) is 22.9 Å². The first-order chi connectivity index (χ1) is 33.7. The summed E-state index contributed by atoms with van der Waals surface area (Å²) < 4.78 is 5.05. The first-order valence-corrected chi connectivity index (χ1v) is 24.0. The van der Waals surface area contributed by atoms with E-state index in [4.69, 9.17) is 9.98 Å². The fourth-order valence-electron chi connectivity index (χ4n) is 10.6. The van der Waals surface area contributed by atoms with Crippen LogP contribution in [0, 0.1) is 0 Å². The van der Waals surface area contributed by atoms with Crippen molar-refractivity contribution < 1.29 is 0 Å². The molecule has 0 fully saturated rings. The summed E-state index contributed by atoms with van der Waals surface area (Å²) in [5.41, 5.74) is 11.2. The summed E-state index contributed by atoms with van der Waals surface area (Å²) in [5, 5.41) is 16.0. The Hall–Kier alpha value is -8.64. The molecule has 14 rings (SSSR count). The lowest BCUT2D eigenvalue weighted by molar-refractivity contribution is 0.674. The number of hydrogen-bond donors (Lipinski definition) is 1. The topological polar surface area (TPSA) is 41.7 Å². The van der Waals surface area contributed by atoms with Gasteiger partial charge in [0.25, 0.3) is 0 Å². The van der Waals surface area contributed by atoms with Crippen molar-refractivity contribution in [3.63, 3.8) is 0 Å². The van der Waals surface area contributed by atoms with Gasteiger partial charge in [-0.15, -0.1) is 11.3 Å². The van der Waals surface area contributed by atoms with Gasteiger partial charge in [0.1, 0.15) is 12.0 Å². The number of benzene rings is 11. The van der Waals surface area contributed by atoms with Crippen molar-refractivity contribution in [3.8, 4) is 27.9 Å². The summed E-state index contributed by atoms with van der Waals surface area (Å²) in [6.45, 7) is 0. The Morgan fingerprint density at radius 1 is 0.397 bits per heavy atom. The van der Waals surface area contributed by atoms with Gasteiger partial charge in [-0.25, -0.2) is 9.98 Å². The molecule has 5 heteroatoms. The monoisotopic (exact) mass is 884 g/mol. The van der Waals surface area contributed by atoms with Gasteiger partial charge in [0, 0.05) is 47.6 Å². The SMILES string of the molecule is c1ccc(-c2cccc3c2c2cc4ccccc4cc2n3-c2ccc(C3N=C(c4ccc5ccccc5c4)N=C(c4ccc5ccccc5c4)N3)cc2-c2cccc3sc4ccccc4c23)cc1. The zero-order valence-corrected chi connectivity index (χ0v) is 37.6. The Balaban J connectivity index is 1.04. The third-order valence-electron chi connectivity index (χ3n) is 13.8. The van der Waals surface area contributed by atoms with E-state index in [9.17, 15) is 0 Å². The lowest BCUT2D eigenvalue weighted by atomic mass is 9.95. The molecule has 0 saturated carbocycles. The summed E-state index contributed by atoms with van der Waals surface area (Å²) in [4.78, 5) is 10.8. The second-order valence-corrected chi connectivity index (χ2v) is 18.8. The van der Waals surface area contributed by atoms with Gasteiger partial charge in [-0.3, -0.25) is 0 Å². The quantitative estimate of drug-likeness (QED) is 0.178. The van der Waals surface area contributed by atoms with Crippen molar-refractivity contribution in [3.05, 3.63) is 247 Å². The molecule has 1 aliphatic heterocycles. The van der Waals surface area contributed by atoms with Crippen LogP contribution in [-0.2, 0) is 0 Å². The van der Waals surface area contributed by atoms with E-state index in [1.807, 2.05) is 11.3 Å². The van der Waals surface area contributed by atoms with Crippen LogP contribution in [0.2, 0.25) is 0 Å². The molecule has 0 saturated heterocycles. The van der Waals surface area contributed by atoms with Crippen LogP contribution in [0.25, 0.3) is 102 Å². The van der Waals surface area contributed by atoms with E-state index in [1.54, 1.807) is 0 Å². The van der Waals surface area contributed by atoms with Gasteiger partial charge in [0.05, 0.1) is 16.7 Å². The highest BCUT2D eigenvalue weighted by molar-refractivity contribution is 7.25. The molecule has 4 nitrogen and oxygen atoms in total. The third kappa shape index (κ3) is 6.28. The number of hydrogen-bond acceptors (Lipinski definition) is 4. The number of fused-ring (bicyclic) bond motifs is 9. The van der Waals surface area contributed by atoms with E-state index >= 15 is 0 Å². The van der Waals surface area contributed by atoms with E-state index in [2.05, 4.69) is 240 Å². The van der Waals surface area contributed by atoms with Gasteiger partial charge in [-0.1, -0.05) is 176 Å². The second-order valence-electron chi connectivity index (χ2n) is 17.8. The Morgan fingerprint density at radius 3 is 1.82 bits per heavy atom. The van der Waals surface area contributed by atoms with Gasteiger partial charge in [0.2, 0.25) is 0 Å². The van der Waals surface area contributed by atoms with Crippen molar-refractivity contribution in [2.24, 2.45) is 9.98 Å². The number of nitrogens with one attached hydrogen (secondary N) is 1. The molecule has 0 radical (unpaired) electrons. The van der Waals surface area contributed by atoms with Gasteiger partial charge in [0.15, 0.2) is 5.84 Å². The maximum atomic E-state index is 5.49. The van der Waals surface area contributed by atoms with Crippen LogP contribution in [0.5, 0.6) is 0 Å². The average molecular weight is 885 g/mol. The van der Waals surface area contributed by atoms with Gasteiger partial charge in [-0.2, -0.15) is 0 Å². The first kappa shape index (κ1) is 38.6. The molecule has 0 amide bonds. The first-order valence-electron chi connectivity index (χ1n) is 23.2. The Bertz CT molecular complexity index is 4250. The highest BCUT2D eigenvalue weighted by Gasteiger charge is 2.26. The lowest BCUT2D eigenvalue weighted by Gasteiger charge is -2.25. The van der Waals surface area contributed by atoms with E-state index < -0.39 is 6.17 Å². The van der Waals surface area contributed by atoms with E-state index in [1.165, 1.54) is 69.2 Å². The van der Waals surface area contributed by atoms with Crippen molar-refractivity contribution in [2.75, 3.05) is 0 Å². The number of aliphatic imine (C=N–C) groups is 2. The number of amidine groups is 2. The van der Waals surface area contributed by atoms with Crippen LogP contribution < -0.4 is 5.32 Å². The molecule has 2 aromatic heterocycles. The number of nitrogens with zero attached hydrogens (tertiary/aromatic N) is 3. The average Bonchev–Trinajstić information content (AvgIpc) is 3.95. The smallest absolute Gasteiger partial charge is 0.159 e. The number of thiophene rings is 1. The zero-order valence-electron chi connectivity index (χ0n) is 36.8. The van der Waals surface area contributed by atoms with Crippen LogP contribution in [0.3, 0.4) is 0 Å². The normalized spacial score (nSPS) is 14.0. The Morgan fingerprint density at radius 2 is 1.03 bits per heavy atom. The van der Waals surface area contributed by atoms with Crippen molar-refractivity contribution >= 4 is 97.3 Å².